The highest BCUT2D eigenvalue weighted by Gasteiger charge is 2.37. The number of hydrogen-bond acceptors (Lipinski definition) is 2. The van der Waals surface area contributed by atoms with Gasteiger partial charge in [-0.25, -0.2) is 0 Å². The van der Waals surface area contributed by atoms with Crippen molar-refractivity contribution >= 4 is 24.0 Å². The van der Waals surface area contributed by atoms with Gasteiger partial charge in [-0.05, 0) is 48.4 Å². The number of benzene rings is 1. The highest BCUT2D eigenvalue weighted by Crippen LogP contribution is 2.44. The first kappa shape index (κ1) is 13.2. The molecule has 1 amide bonds. The van der Waals surface area contributed by atoms with Crippen molar-refractivity contribution in [3.8, 4) is 0 Å². The molecule has 0 atom stereocenters. The molecule has 18 heavy (non-hydrogen) atoms. The van der Waals surface area contributed by atoms with E-state index in [1.165, 1.54) is 24.1 Å². The van der Waals surface area contributed by atoms with E-state index in [1.807, 2.05) is 18.2 Å². The molecule has 1 heterocycles. The van der Waals surface area contributed by atoms with Crippen molar-refractivity contribution in [1.82, 2.24) is 5.32 Å². The van der Waals surface area contributed by atoms with Gasteiger partial charge in [-0.1, -0.05) is 6.92 Å². The second kappa shape index (κ2) is 4.81. The van der Waals surface area contributed by atoms with Crippen LogP contribution in [0, 0.1) is 5.41 Å². The van der Waals surface area contributed by atoms with Gasteiger partial charge in [0.1, 0.15) is 0 Å². The van der Waals surface area contributed by atoms with Crippen LogP contribution in [0.4, 0.5) is 5.69 Å². The van der Waals surface area contributed by atoms with Crippen molar-refractivity contribution in [1.29, 1.82) is 0 Å². The van der Waals surface area contributed by atoms with Gasteiger partial charge in [0.15, 0.2) is 0 Å². The molecular formula is C14H19ClN2O. The van der Waals surface area contributed by atoms with Gasteiger partial charge >= 0.3 is 0 Å². The predicted molar refractivity (Wildman–Crippen MR) is 75.6 cm³/mol. The third-order valence-corrected chi connectivity index (χ3v) is 3.86. The molecule has 98 valence electrons. The number of rotatable bonds is 3. The molecule has 0 saturated heterocycles. The molecule has 4 heteroatoms. The molecule has 1 saturated carbocycles. The van der Waals surface area contributed by atoms with Crippen LogP contribution in [-0.2, 0) is 6.42 Å². The number of hydrogen-bond donors (Lipinski definition) is 2. The first-order valence-electron chi connectivity index (χ1n) is 6.31. The maximum atomic E-state index is 12.0. The number of carbonyl (C=O) groups is 1. The minimum absolute atomic E-state index is 0. The van der Waals surface area contributed by atoms with E-state index >= 15 is 0 Å². The summed E-state index contributed by atoms with van der Waals surface area (Å²) in [7, 11) is 0. The normalized spacial score (nSPS) is 18.3. The van der Waals surface area contributed by atoms with Crippen LogP contribution in [0.1, 0.15) is 35.7 Å². The van der Waals surface area contributed by atoms with Crippen molar-refractivity contribution in [2.75, 3.05) is 18.4 Å². The lowest BCUT2D eigenvalue weighted by atomic mass is 10.1. The zero-order valence-corrected chi connectivity index (χ0v) is 11.4. The zero-order chi connectivity index (χ0) is 11.9. The molecular weight excluding hydrogens is 248 g/mol. The summed E-state index contributed by atoms with van der Waals surface area (Å²) >= 11 is 0. The van der Waals surface area contributed by atoms with E-state index in [1.54, 1.807) is 0 Å². The van der Waals surface area contributed by atoms with Crippen LogP contribution < -0.4 is 10.6 Å². The number of carbonyl (C=O) groups excluding carboxylic acids is 1. The SMILES string of the molecule is CC1(CNC(=O)c2ccc3c(c2)CCN3)CC1.Cl. The summed E-state index contributed by atoms with van der Waals surface area (Å²) in [5.41, 5.74) is 3.59. The molecule has 0 radical (unpaired) electrons. The summed E-state index contributed by atoms with van der Waals surface area (Å²) in [6, 6.07) is 5.93. The number of amides is 1. The van der Waals surface area contributed by atoms with Gasteiger partial charge < -0.3 is 10.6 Å². The summed E-state index contributed by atoms with van der Waals surface area (Å²) < 4.78 is 0. The van der Waals surface area contributed by atoms with Crippen molar-refractivity contribution in [2.45, 2.75) is 26.2 Å². The first-order valence-corrected chi connectivity index (χ1v) is 6.31. The summed E-state index contributed by atoms with van der Waals surface area (Å²) in [5.74, 6) is 0.0628. The maximum Gasteiger partial charge on any atom is 0.251 e. The molecule has 1 fully saturated rings. The number of halogens is 1. The van der Waals surface area contributed by atoms with Crippen molar-refractivity contribution in [3.63, 3.8) is 0 Å². The Balaban J connectivity index is 0.00000120. The molecule has 2 aliphatic rings. The Hall–Kier alpha value is -1.22. The number of nitrogens with one attached hydrogen (secondary N) is 2. The summed E-state index contributed by atoms with van der Waals surface area (Å²) in [6.45, 7) is 4.01. The number of anilines is 1. The summed E-state index contributed by atoms with van der Waals surface area (Å²) in [4.78, 5) is 12.0. The van der Waals surface area contributed by atoms with Gasteiger partial charge in [0, 0.05) is 24.3 Å². The minimum atomic E-state index is 0. The minimum Gasteiger partial charge on any atom is -0.384 e. The lowest BCUT2D eigenvalue weighted by molar-refractivity contribution is 0.0946. The Morgan fingerprint density at radius 3 is 2.94 bits per heavy atom. The van der Waals surface area contributed by atoms with Crippen LogP contribution in [0.3, 0.4) is 0 Å². The van der Waals surface area contributed by atoms with Crippen LogP contribution in [-0.4, -0.2) is 19.0 Å². The molecule has 1 aromatic rings. The van der Waals surface area contributed by atoms with Gasteiger partial charge in [0.25, 0.3) is 5.91 Å². The Bertz CT molecular complexity index is 469. The maximum absolute atomic E-state index is 12.0. The Kier molecular flexibility index (Phi) is 3.53. The van der Waals surface area contributed by atoms with E-state index in [0.29, 0.717) is 5.41 Å². The third kappa shape index (κ3) is 2.61. The monoisotopic (exact) mass is 266 g/mol. The predicted octanol–water partition coefficient (Wildman–Crippen LogP) is 2.61. The van der Waals surface area contributed by atoms with Crippen LogP contribution in [0.2, 0.25) is 0 Å². The first-order chi connectivity index (χ1) is 8.16. The van der Waals surface area contributed by atoms with Gasteiger partial charge in [-0.3, -0.25) is 4.79 Å². The second-order valence-electron chi connectivity index (χ2n) is 5.54. The molecule has 0 bridgehead atoms. The highest BCUT2D eigenvalue weighted by molar-refractivity contribution is 5.95. The van der Waals surface area contributed by atoms with E-state index in [-0.39, 0.29) is 18.3 Å². The molecule has 0 aromatic heterocycles. The van der Waals surface area contributed by atoms with E-state index in [0.717, 1.165) is 25.1 Å². The van der Waals surface area contributed by atoms with E-state index in [2.05, 4.69) is 17.6 Å². The Labute approximate surface area is 114 Å². The molecule has 1 aliphatic heterocycles. The quantitative estimate of drug-likeness (QED) is 0.883. The average molecular weight is 267 g/mol. The fraction of sp³-hybridized carbons (Fsp3) is 0.500. The Morgan fingerprint density at radius 1 is 1.44 bits per heavy atom. The molecule has 3 nitrogen and oxygen atoms in total. The van der Waals surface area contributed by atoms with E-state index < -0.39 is 0 Å². The van der Waals surface area contributed by atoms with Gasteiger partial charge in [-0.2, -0.15) is 0 Å². The lowest BCUT2D eigenvalue weighted by Gasteiger charge is -2.10. The van der Waals surface area contributed by atoms with Crippen molar-refractivity contribution in [2.24, 2.45) is 5.41 Å². The van der Waals surface area contributed by atoms with Crippen molar-refractivity contribution in [3.05, 3.63) is 29.3 Å². The molecule has 1 aliphatic carbocycles. The number of fused-ring (bicyclic) bond motifs is 1. The molecule has 0 spiro atoms. The average Bonchev–Trinajstić information content (AvgIpc) is 2.90. The fourth-order valence-corrected chi connectivity index (χ4v) is 2.23. The topological polar surface area (TPSA) is 41.1 Å². The smallest absolute Gasteiger partial charge is 0.251 e. The molecule has 1 aromatic carbocycles. The van der Waals surface area contributed by atoms with Gasteiger partial charge in [-0.15, -0.1) is 12.4 Å². The second-order valence-corrected chi connectivity index (χ2v) is 5.54. The van der Waals surface area contributed by atoms with Crippen LogP contribution in [0.5, 0.6) is 0 Å². The third-order valence-electron chi connectivity index (χ3n) is 3.86. The Morgan fingerprint density at radius 2 is 2.22 bits per heavy atom. The van der Waals surface area contributed by atoms with Crippen LogP contribution in [0.25, 0.3) is 0 Å². The van der Waals surface area contributed by atoms with Crippen LogP contribution in [0.15, 0.2) is 18.2 Å². The van der Waals surface area contributed by atoms with Crippen LogP contribution >= 0.6 is 12.4 Å². The standard InChI is InChI=1S/C14H18N2O.ClH/c1-14(5-6-14)9-16-13(17)11-2-3-12-10(8-11)4-7-15-12;/h2-3,8,15H,4-7,9H2,1H3,(H,16,17);1H. The zero-order valence-electron chi connectivity index (χ0n) is 10.6. The largest absolute Gasteiger partial charge is 0.384 e. The van der Waals surface area contributed by atoms with E-state index in [9.17, 15) is 4.79 Å². The summed E-state index contributed by atoms with van der Waals surface area (Å²) in [6.07, 6.45) is 3.50. The van der Waals surface area contributed by atoms with Gasteiger partial charge in [0.05, 0.1) is 0 Å². The lowest BCUT2D eigenvalue weighted by Crippen LogP contribution is -2.28. The molecule has 3 rings (SSSR count). The fourth-order valence-electron chi connectivity index (χ4n) is 2.23. The summed E-state index contributed by atoms with van der Waals surface area (Å²) in [5, 5.41) is 6.33. The highest BCUT2D eigenvalue weighted by atomic mass is 35.5. The van der Waals surface area contributed by atoms with Crippen molar-refractivity contribution < 1.29 is 4.79 Å². The molecule has 2 N–H and O–H groups in total. The van der Waals surface area contributed by atoms with Gasteiger partial charge in [0.2, 0.25) is 0 Å². The molecule has 0 unspecified atom stereocenters. The van der Waals surface area contributed by atoms with E-state index in [4.69, 9.17) is 0 Å².